The number of nitrogens with two attached hydrogens (primary N) is 1. The maximum absolute atomic E-state index is 11.0. The molecule has 4 heteroatoms. The normalized spacial score (nSPS) is 30.1. The van der Waals surface area contributed by atoms with Crippen LogP contribution in [0.15, 0.2) is 0 Å². The molecule has 1 heterocycles. The first-order chi connectivity index (χ1) is 6.11. The van der Waals surface area contributed by atoms with Gasteiger partial charge in [0.05, 0.1) is 6.54 Å². The summed E-state index contributed by atoms with van der Waals surface area (Å²) >= 11 is 0. The molecule has 0 unspecified atom stereocenters. The second-order valence-corrected chi connectivity index (χ2v) is 4.21. The van der Waals surface area contributed by atoms with E-state index in [1.165, 1.54) is 6.42 Å². The molecule has 0 spiro atoms. The molecule has 13 heavy (non-hydrogen) atoms. The summed E-state index contributed by atoms with van der Waals surface area (Å²) in [5.74, 6) is 6.31. The van der Waals surface area contributed by atoms with Crippen molar-refractivity contribution in [1.82, 2.24) is 10.3 Å². The predicted octanol–water partition coefficient (Wildman–Crippen LogP) is -0.0458. The van der Waals surface area contributed by atoms with Crippen molar-refractivity contribution in [3.63, 3.8) is 0 Å². The standard InChI is InChI=1S/C9H19N3O/c1-7-3-8(2)5-12(4-7)6-9(13)11-10/h7-8H,3-6,10H2,1-2H3,(H,11,13)/t7-,8-/m1/s1. The molecule has 3 N–H and O–H groups in total. The van der Waals surface area contributed by atoms with E-state index in [4.69, 9.17) is 5.84 Å². The first kappa shape index (κ1) is 10.5. The quantitative estimate of drug-likeness (QED) is 0.360. The third-order valence-corrected chi connectivity index (χ3v) is 2.47. The first-order valence-corrected chi connectivity index (χ1v) is 4.83. The summed E-state index contributed by atoms with van der Waals surface area (Å²) in [6.07, 6.45) is 1.26. The van der Waals surface area contributed by atoms with Crippen molar-refractivity contribution >= 4 is 5.91 Å². The number of hydrogen-bond donors (Lipinski definition) is 2. The van der Waals surface area contributed by atoms with Crippen LogP contribution in [0.4, 0.5) is 0 Å². The summed E-state index contributed by atoms with van der Waals surface area (Å²) in [7, 11) is 0. The summed E-state index contributed by atoms with van der Waals surface area (Å²) in [6, 6.07) is 0. The summed E-state index contributed by atoms with van der Waals surface area (Å²) in [4.78, 5) is 13.2. The molecule has 2 atom stereocenters. The van der Waals surface area contributed by atoms with Crippen LogP contribution in [0.3, 0.4) is 0 Å². The lowest BCUT2D eigenvalue weighted by atomic mass is 9.92. The third kappa shape index (κ3) is 3.32. The minimum absolute atomic E-state index is 0.0960. The fourth-order valence-corrected chi connectivity index (χ4v) is 2.17. The molecule has 0 aliphatic carbocycles. The lowest BCUT2D eigenvalue weighted by Crippen LogP contribution is -2.46. The van der Waals surface area contributed by atoms with E-state index in [1.54, 1.807) is 0 Å². The molecule has 0 aromatic heterocycles. The molecular weight excluding hydrogens is 166 g/mol. The Morgan fingerprint density at radius 2 is 2.00 bits per heavy atom. The van der Waals surface area contributed by atoms with Gasteiger partial charge in [-0.1, -0.05) is 13.8 Å². The van der Waals surface area contributed by atoms with Crippen LogP contribution in [-0.4, -0.2) is 30.4 Å². The van der Waals surface area contributed by atoms with Gasteiger partial charge in [-0.2, -0.15) is 0 Å². The maximum atomic E-state index is 11.0. The van der Waals surface area contributed by atoms with Gasteiger partial charge in [-0.15, -0.1) is 0 Å². The fraction of sp³-hybridized carbons (Fsp3) is 0.889. The van der Waals surface area contributed by atoms with E-state index in [2.05, 4.69) is 24.2 Å². The number of nitrogens with one attached hydrogen (secondary N) is 1. The molecule has 76 valence electrons. The molecule has 0 bridgehead atoms. The van der Waals surface area contributed by atoms with E-state index >= 15 is 0 Å². The molecule has 4 nitrogen and oxygen atoms in total. The van der Waals surface area contributed by atoms with Crippen LogP contribution in [0.25, 0.3) is 0 Å². The van der Waals surface area contributed by atoms with Gasteiger partial charge >= 0.3 is 0 Å². The number of nitrogens with zero attached hydrogens (tertiary/aromatic N) is 1. The van der Waals surface area contributed by atoms with Crippen molar-refractivity contribution in [2.75, 3.05) is 19.6 Å². The van der Waals surface area contributed by atoms with E-state index in [1.807, 2.05) is 0 Å². The van der Waals surface area contributed by atoms with Gasteiger partial charge in [-0.25, -0.2) is 5.84 Å². The SMILES string of the molecule is C[C@@H]1C[C@@H](C)CN(CC(=O)NN)C1. The predicted molar refractivity (Wildman–Crippen MR) is 51.7 cm³/mol. The van der Waals surface area contributed by atoms with Crippen LogP contribution >= 0.6 is 0 Å². The Morgan fingerprint density at radius 3 is 2.46 bits per heavy atom. The molecule has 1 saturated heterocycles. The van der Waals surface area contributed by atoms with Crippen LogP contribution in [-0.2, 0) is 4.79 Å². The molecule has 0 aromatic rings. The van der Waals surface area contributed by atoms with Gasteiger partial charge in [-0.05, 0) is 18.3 Å². The van der Waals surface area contributed by atoms with Gasteiger partial charge in [0.2, 0.25) is 5.91 Å². The van der Waals surface area contributed by atoms with Crippen molar-refractivity contribution in [2.45, 2.75) is 20.3 Å². The zero-order valence-corrected chi connectivity index (χ0v) is 8.42. The minimum atomic E-state index is -0.0960. The average Bonchev–Trinajstić information content (AvgIpc) is 2.02. The van der Waals surface area contributed by atoms with Gasteiger partial charge in [0.15, 0.2) is 0 Å². The van der Waals surface area contributed by atoms with E-state index in [9.17, 15) is 4.79 Å². The number of likely N-dealkylation sites (tertiary alicyclic amines) is 1. The van der Waals surface area contributed by atoms with Crippen LogP contribution in [0, 0.1) is 11.8 Å². The van der Waals surface area contributed by atoms with Gasteiger partial charge in [-0.3, -0.25) is 15.1 Å². The highest BCUT2D eigenvalue weighted by Gasteiger charge is 2.22. The van der Waals surface area contributed by atoms with E-state index in [-0.39, 0.29) is 5.91 Å². The number of rotatable bonds is 2. The molecule has 1 aliphatic rings. The molecule has 1 rings (SSSR count). The minimum Gasteiger partial charge on any atom is -0.294 e. The van der Waals surface area contributed by atoms with Crippen molar-refractivity contribution < 1.29 is 4.79 Å². The Labute approximate surface area is 79.4 Å². The molecule has 1 amide bonds. The highest BCUT2D eigenvalue weighted by Crippen LogP contribution is 2.20. The Kier molecular flexibility index (Phi) is 3.69. The fourth-order valence-electron chi connectivity index (χ4n) is 2.17. The zero-order valence-electron chi connectivity index (χ0n) is 8.42. The van der Waals surface area contributed by atoms with Crippen molar-refractivity contribution in [3.8, 4) is 0 Å². The van der Waals surface area contributed by atoms with Gasteiger partial charge in [0.1, 0.15) is 0 Å². The highest BCUT2D eigenvalue weighted by atomic mass is 16.2. The van der Waals surface area contributed by atoms with E-state index < -0.39 is 0 Å². The molecular formula is C9H19N3O. The zero-order chi connectivity index (χ0) is 9.84. The smallest absolute Gasteiger partial charge is 0.248 e. The number of carbonyl (C=O) groups is 1. The van der Waals surface area contributed by atoms with Crippen LogP contribution in [0.1, 0.15) is 20.3 Å². The summed E-state index contributed by atoms with van der Waals surface area (Å²) in [6.45, 7) is 6.91. The van der Waals surface area contributed by atoms with Gasteiger partial charge in [0.25, 0.3) is 0 Å². The second kappa shape index (κ2) is 4.58. The molecule has 1 fully saturated rings. The van der Waals surface area contributed by atoms with Crippen molar-refractivity contribution in [2.24, 2.45) is 17.7 Å². The van der Waals surface area contributed by atoms with E-state index in [0.717, 1.165) is 13.1 Å². The number of hydrazine groups is 1. The lowest BCUT2D eigenvalue weighted by Gasteiger charge is -2.34. The van der Waals surface area contributed by atoms with Crippen molar-refractivity contribution in [1.29, 1.82) is 0 Å². The number of carbonyl (C=O) groups excluding carboxylic acids is 1. The second-order valence-electron chi connectivity index (χ2n) is 4.21. The van der Waals surface area contributed by atoms with E-state index in [0.29, 0.717) is 18.4 Å². The third-order valence-electron chi connectivity index (χ3n) is 2.47. The highest BCUT2D eigenvalue weighted by molar-refractivity contribution is 5.77. The summed E-state index contributed by atoms with van der Waals surface area (Å²) in [5.41, 5.74) is 2.16. The number of amides is 1. The number of piperidine rings is 1. The summed E-state index contributed by atoms with van der Waals surface area (Å²) in [5, 5.41) is 0. The molecule has 0 saturated carbocycles. The van der Waals surface area contributed by atoms with Crippen LogP contribution in [0.5, 0.6) is 0 Å². The maximum Gasteiger partial charge on any atom is 0.248 e. The Bertz CT molecular complexity index is 174. The Morgan fingerprint density at radius 1 is 1.46 bits per heavy atom. The largest absolute Gasteiger partial charge is 0.294 e. The first-order valence-electron chi connectivity index (χ1n) is 4.83. The van der Waals surface area contributed by atoms with Crippen LogP contribution in [0.2, 0.25) is 0 Å². The van der Waals surface area contributed by atoms with Crippen LogP contribution < -0.4 is 11.3 Å². The molecule has 0 radical (unpaired) electrons. The summed E-state index contributed by atoms with van der Waals surface area (Å²) < 4.78 is 0. The topological polar surface area (TPSA) is 58.4 Å². The average molecular weight is 185 g/mol. The molecule has 0 aromatic carbocycles. The Balaban J connectivity index is 2.37. The lowest BCUT2D eigenvalue weighted by molar-refractivity contribution is -0.122. The van der Waals surface area contributed by atoms with Crippen molar-refractivity contribution in [3.05, 3.63) is 0 Å². The Hall–Kier alpha value is -0.610. The van der Waals surface area contributed by atoms with Gasteiger partial charge < -0.3 is 0 Å². The monoisotopic (exact) mass is 185 g/mol. The molecule has 1 aliphatic heterocycles. The number of hydrogen-bond acceptors (Lipinski definition) is 3. The van der Waals surface area contributed by atoms with Gasteiger partial charge in [0, 0.05) is 13.1 Å².